The van der Waals surface area contributed by atoms with E-state index in [9.17, 15) is 0 Å². The van der Waals surface area contributed by atoms with Crippen molar-refractivity contribution in [2.24, 2.45) is 0 Å². The Balaban J connectivity index is 2.13. The fraction of sp³-hybridized carbons (Fsp3) is 0.364. The summed E-state index contributed by atoms with van der Waals surface area (Å²) in [5.41, 5.74) is 1.17. The molecule has 3 rings (SSSR count). The number of fused-ring (bicyclic) bond motifs is 1. The minimum atomic E-state index is 0.557. The van der Waals surface area contributed by atoms with Crippen LogP contribution in [0.2, 0.25) is 0 Å². The van der Waals surface area contributed by atoms with Crippen LogP contribution in [0, 0.1) is 0 Å². The molecular weight excluding hydrogens is 254 g/mol. The predicted molar refractivity (Wildman–Crippen MR) is 63.1 cm³/mol. The maximum Gasteiger partial charge on any atom is 0.117 e. The number of hydrogen-bond acceptors (Lipinski definition) is 2. The maximum absolute atomic E-state index is 4.52. The second-order valence-electron chi connectivity index (χ2n) is 3.95. The fourth-order valence-corrected chi connectivity index (χ4v) is 2.50. The Kier molecular flexibility index (Phi) is 2.25. The van der Waals surface area contributed by atoms with Crippen LogP contribution in [0.25, 0.3) is 5.52 Å². The van der Waals surface area contributed by atoms with E-state index in [0.717, 1.165) is 17.6 Å². The van der Waals surface area contributed by atoms with Crippen molar-refractivity contribution in [1.82, 2.24) is 14.7 Å². The first-order valence-corrected chi connectivity index (χ1v) is 5.97. The Bertz CT molecular complexity index is 486. The number of hydrogen-bond donors (Lipinski definition) is 1. The SMILES string of the molecule is Brc1ccc2cnc(C3CCNC3)n2c1. The topological polar surface area (TPSA) is 29.3 Å². The van der Waals surface area contributed by atoms with Gasteiger partial charge < -0.3 is 9.72 Å². The van der Waals surface area contributed by atoms with Gasteiger partial charge in [0.2, 0.25) is 0 Å². The van der Waals surface area contributed by atoms with Crippen molar-refractivity contribution in [3.05, 3.63) is 34.8 Å². The second-order valence-corrected chi connectivity index (χ2v) is 4.86. The molecule has 1 N–H and O–H groups in total. The van der Waals surface area contributed by atoms with Crippen molar-refractivity contribution in [1.29, 1.82) is 0 Å². The van der Waals surface area contributed by atoms with Crippen molar-refractivity contribution >= 4 is 21.4 Å². The highest BCUT2D eigenvalue weighted by Crippen LogP contribution is 2.23. The van der Waals surface area contributed by atoms with E-state index >= 15 is 0 Å². The summed E-state index contributed by atoms with van der Waals surface area (Å²) in [6.07, 6.45) is 5.22. The molecule has 1 atom stereocenters. The average Bonchev–Trinajstić information content (AvgIpc) is 2.83. The highest BCUT2D eigenvalue weighted by atomic mass is 79.9. The number of imidazole rings is 1. The van der Waals surface area contributed by atoms with E-state index < -0.39 is 0 Å². The fourth-order valence-electron chi connectivity index (χ4n) is 2.16. The van der Waals surface area contributed by atoms with E-state index in [2.05, 4.69) is 42.9 Å². The molecule has 0 saturated carbocycles. The normalized spacial score (nSPS) is 21.3. The van der Waals surface area contributed by atoms with Crippen LogP contribution in [-0.4, -0.2) is 22.5 Å². The van der Waals surface area contributed by atoms with Gasteiger partial charge in [-0.15, -0.1) is 0 Å². The first kappa shape index (κ1) is 9.36. The third-order valence-corrected chi connectivity index (χ3v) is 3.41. The van der Waals surface area contributed by atoms with Gasteiger partial charge >= 0.3 is 0 Å². The lowest BCUT2D eigenvalue weighted by Gasteiger charge is -2.07. The summed E-state index contributed by atoms with van der Waals surface area (Å²) in [7, 11) is 0. The van der Waals surface area contributed by atoms with Gasteiger partial charge in [-0.25, -0.2) is 4.98 Å². The van der Waals surface area contributed by atoms with E-state index in [1.54, 1.807) is 0 Å². The molecule has 1 saturated heterocycles. The highest BCUT2D eigenvalue weighted by molar-refractivity contribution is 9.10. The molecule has 15 heavy (non-hydrogen) atoms. The number of nitrogens with zero attached hydrogens (tertiary/aromatic N) is 2. The van der Waals surface area contributed by atoms with Gasteiger partial charge in [-0.05, 0) is 41.0 Å². The zero-order valence-corrected chi connectivity index (χ0v) is 9.87. The summed E-state index contributed by atoms with van der Waals surface area (Å²) in [6.45, 7) is 2.15. The van der Waals surface area contributed by atoms with Crippen molar-refractivity contribution in [3.8, 4) is 0 Å². The molecule has 1 aliphatic heterocycles. The van der Waals surface area contributed by atoms with Crippen LogP contribution in [0.5, 0.6) is 0 Å². The van der Waals surface area contributed by atoms with Crippen LogP contribution in [-0.2, 0) is 0 Å². The summed E-state index contributed by atoms with van der Waals surface area (Å²) in [5, 5.41) is 3.37. The number of halogens is 1. The van der Waals surface area contributed by atoms with Gasteiger partial charge in [0.05, 0.1) is 11.7 Å². The lowest BCUT2D eigenvalue weighted by molar-refractivity contribution is 0.698. The Labute approximate surface area is 96.6 Å². The quantitative estimate of drug-likeness (QED) is 0.857. The highest BCUT2D eigenvalue weighted by Gasteiger charge is 2.20. The minimum Gasteiger partial charge on any atom is -0.316 e. The molecule has 3 heterocycles. The van der Waals surface area contributed by atoms with Crippen molar-refractivity contribution in [3.63, 3.8) is 0 Å². The summed E-state index contributed by atoms with van der Waals surface area (Å²) in [5.74, 6) is 1.73. The number of pyridine rings is 1. The van der Waals surface area contributed by atoms with Crippen LogP contribution in [0.3, 0.4) is 0 Å². The van der Waals surface area contributed by atoms with Crippen LogP contribution >= 0.6 is 15.9 Å². The molecule has 78 valence electrons. The average molecular weight is 266 g/mol. The Morgan fingerprint density at radius 2 is 2.40 bits per heavy atom. The third kappa shape index (κ3) is 1.58. The number of aromatic nitrogens is 2. The van der Waals surface area contributed by atoms with Gasteiger partial charge in [0.15, 0.2) is 0 Å². The summed E-state index contributed by atoms with van der Waals surface area (Å²) >= 11 is 3.50. The predicted octanol–water partition coefficient (Wildman–Crippen LogP) is 2.17. The minimum absolute atomic E-state index is 0.557. The molecule has 1 aliphatic rings. The molecular formula is C11H12BrN3. The van der Waals surface area contributed by atoms with Crippen LogP contribution in [0.1, 0.15) is 18.2 Å². The van der Waals surface area contributed by atoms with E-state index in [4.69, 9.17) is 0 Å². The molecule has 0 aromatic carbocycles. The smallest absolute Gasteiger partial charge is 0.117 e. The van der Waals surface area contributed by atoms with E-state index in [1.807, 2.05) is 12.3 Å². The number of rotatable bonds is 1. The van der Waals surface area contributed by atoms with E-state index in [1.165, 1.54) is 17.8 Å². The third-order valence-electron chi connectivity index (χ3n) is 2.95. The molecule has 0 spiro atoms. The zero-order chi connectivity index (χ0) is 10.3. The summed E-state index contributed by atoms with van der Waals surface area (Å²) in [6, 6.07) is 4.14. The maximum atomic E-state index is 4.52. The Hall–Kier alpha value is -0.870. The molecule has 2 aromatic rings. The van der Waals surface area contributed by atoms with Gasteiger partial charge in [-0.3, -0.25) is 0 Å². The van der Waals surface area contributed by atoms with Gasteiger partial charge in [0.25, 0.3) is 0 Å². The molecule has 0 radical (unpaired) electrons. The summed E-state index contributed by atoms with van der Waals surface area (Å²) in [4.78, 5) is 4.52. The zero-order valence-electron chi connectivity index (χ0n) is 8.28. The van der Waals surface area contributed by atoms with Crippen molar-refractivity contribution in [2.45, 2.75) is 12.3 Å². The summed E-state index contributed by atoms with van der Waals surface area (Å²) < 4.78 is 3.28. The molecule has 1 unspecified atom stereocenters. The van der Waals surface area contributed by atoms with Crippen LogP contribution in [0.4, 0.5) is 0 Å². The van der Waals surface area contributed by atoms with Gasteiger partial charge in [0.1, 0.15) is 5.82 Å². The molecule has 4 heteroatoms. The molecule has 2 aromatic heterocycles. The lowest BCUT2D eigenvalue weighted by Crippen LogP contribution is -2.10. The van der Waals surface area contributed by atoms with Crippen LogP contribution < -0.4 is 5.32 Å². The molecule has 0 aliphatic carbocycles. The van der Waals surface area contributed by atoms with Gasteiger partial charge in [0, 0.05) is 23.1 Å². The number of nitrogens with one attached hydrogen (secondary N) is 1. The van der Waals surface area contributed by atoms with Crippen LogP contribution in [0.15, 0.2) is 29.0 Å². The van der Waals surface area contributed by atoms with E-state index in [-0.39, 0.29) is 0 Å². The molecule has 0 amide bonds. The Morgan fingerprint density at radius 3 is 3.20 bits per heavy atom. The monoisotopic (exact) mass is 265 g/mol. The first-order chi connectivity index (χ1) is 7.34. The largest absolute Gasteiger partial charge is 0.316 e. The van der Waals surface area contributed by atoms with E-state index in [0.29, 0.717) is 5.92 Å². The first-order valence-electron chi connectivity index (χ1n) is 5.18. The second kappa shape index (κ2) is 3.61. The van der Waals surface area contributed by atoms with Gasteiger partial charge in [-0.1, -0.05) is 0 Å². The standard InChI is InChI=1S/C11H12BrN3/c12-9-1-2-10-6-14-11(15(10)7-9)8-3-4-13-5-8/h1-2,6-8,13H,3-5H2. The lowest BCUT2D eigenvalue weighted by atomic mass is 10.1. The Morgan fingerprint density at radius 1 is 1.47 bits per heavy atom. The van der Waals surface area contributed by atoms with Gasteiger partial charge in [-0.2, -0.15) is 0 Å². The molecule has 1 fully saturated rings. The molecule has 3 nitrogen and oxygen atoms in total. The van der Waals surface area contributed by atoms with Crippen molar-refractivity contribution in [2.75, 3.05) is 13.1 Å². The van der Waals surface area contributed by atoms with Crippen molar-refractivity contribution < 1.29 is 0 Å². The molecule has 0 bridgehead atoms.